The van der Waals surface area contributed by atoms with Gasteiger partial charge in [0, 0.05) is 38.2 Å². The van der Waals surface area contributed by atoms with E-state index in [2.05, 4.69) is 35.5 Å². The van der Waals surface area contributed by atoms with Gasteiger partial charge >= 0.3 is 0 Å². The number of furan rings is 1. The minimum atomic E-state index is 0.148. The highest BCUT2D eigenvalue weighted by Gasteiger charge is 2.36. The van der Waals surface area contributed by atoms with Gasteiger partial charge in [0.05, 0.1) is 12.2 Å². The zero-order valence-corrected chi connectivity index (χ0v) is 13.9. The molecule has 1 saturated carbocycles. The molecule has 2 aromatic rings. The number of ether oxygens (including phenoxy) is 1. The zero-order chi connectivity index (χ0) is 15.8. The normalized spacial score (nSPS) is 30.0. The van der Waals surface area contributed by atoms with E-state index in [1.807, 2.05) is 17.9 Å². The summed E-state index contributed by atoms with van der Waals surface area (Å²) in [6, 6.07) is 6.30. The molecule has 2 aromatic heterocycles. The SMILES string of the molecule is C[C@H]1C[C@@H]1c1ccc(CNC[C@@H]2CCO[C@H]2c2ccnn2C)o1. The fourth-order valence-electron chi connectivity index (χ4n) is 3.62. The lowest BCUT2D eigenvalue weighted by molar-refractivity contribution is 0.0836. The highest BCUT2D eigenvalue weighted by molar-refractivity contribution is 5.17. The lowest BCUT2D eigenvalue weighted by Gasteiger charge is -2.19. The molecule has 23 heavy (non-hydrogen) atoms. The fraction of sp³-hybridized carbons (Fsp3) is 0.611. The molecule has 0 radical (unpaired) electrons. The van der Waals surface area contributed by atoms with Gasteiger partial charge in [-0.2, -0.15) is 5.10 Å². The summed E-state index contributed by atoms with van der Waals surface area (Å²) in [5.41, 5.74) is 1.16. The van der Waals surface area contributed by atoms with Crippen molar-refractivity contribution in [3.05, 3.63) is 41.6 Å². The standard InChI is InChI=1S/C18H25N3O2/c1-12-9-15(12)17-4-3-14(23-17)11-19-10-13-6-8-22-18(13)16-5-7-20-21(16)2/h3-5,7,12-13,15,18-19H,6,8-11H2,1-2H3/t12-,13-,15-,18+/m0/s1. The van der Waals surface area contributed by atoms with Crippen molar-refractivity contribution in [3.63, 3.8) is 0 Å². The first-order valence-electron chi connectivity index (χ1n) is 8.61. The van der Waals surface area contributed by atoms with Crippen molar-refractivity contribution in [3.8, 4) is 0 Å². The summed E-state index contributed by atoms with van der Waals surface area (Å²) < 4.78 is 13.8. The molecular formula is C18H25N3O2. The number of hydrogen-bond acceptors (Lipinski definition) is 4. The van der Waals surface area contributed by atoms with Crippen LogP contribution >= 0.6 is 0 Å². The van der Waals surface area contributed by atoms with Gasteiger partial charge in [0.1, 0.15) is 17.6 Å². The third-order valence-electron chi connectivity index (χ3n) is 5.23. The fourth-order valence-corrected chi connectivity index (χ4v) is 3.62. The van der Waals surface area contributed by atoms with E-state index in [1.54, 1.807) is 0 Å². The molecule has 4 atom stereocenters. The Labute approximate surface area is 137 Å². The predicted molar refractivity (Wildman–Crippen MR) is 86.9 cm³/mol. The molecule has 1 aliphatic carbocycles. The maximum Gasteiger partial charge on any atom is 0.117 e. The first-order chi connectivity index (χ1) is 11.2. The minimum Gasteiger partial charge on any atom is -0.464 e. The van der Waals surface area contributed by atoms with Crippen LogP contribution in [0.2, 0.25) is 0 Å². The van der Waals surface area contributed by atoms with E-state index < -0.39 is 0 Å². The Hall–Kier alpha value is -1.59. The predicted octanol–water partition coefficient (Wildman–Crippen LogP) is 3.00. The Balaban J connectivity index is 1.30. The molecule has 0 amide bonds. The van der Waals surface area contributed by atoms with E-state index in [9.17, 15) is 0 Å². The molecule has 5 nitrogen and oxygen atoms in total. The van der Waals surface area contributed by atoms with Gasteiger partial charge in [0.15, 0.2) is 0 Å². The van der Waals surface area contributed by atoms with Gasteiger partial charge in [-0.3, -0.25) is 4.68 Å². The maximum absolute atomic E-state index is 5.95. The van der Waals surface area contributed by atoms with Crippen LogP contribution in [0.25, 0.3) is 0 Å². The monoisotopic (exact) mass is 315 g/mol. The second kappa shape index (κ2) is 6.13. The smallest absolute Gasteiger partial charge is 0.117 e. The summed E-state index contributed by atoms with van der Waals surface area (Å²) in [5, 5.41) is 7.79. The first kappa shape index (κ1) is 15.0. The van der Waals surface area contributed by atoms with Crippen LogP contribution in [0.1, 0.15) is 49.0 Å². The van der Waals surface area contributed by atoms with Crippen LogP contribution in [-0.2, 0) is 18.3 Å². The minimum absolute atomic E-state index is 0.148. The summed E-state index contributed by atoms with van der Waals surface area (Å²) in [5.74, 6) is 4.13. The number of hydrogen-bond donors (Lipinski definition) is 1. The van der Waals surface area contributed by atoms with E-state index in [4.69, 9.17) is 9.15 Å². The van der Waals surface area contributed by atoms with Gasteiger partial charge in [0.25, 0.3) is 0 Å². The molecule has 2 fully saturated rings. The molecule has 1 saturated heterocycles. The largest absolute Gasteiger partial charge is 0.464 e. The van der Waals surface area contributed by atoms with Crippen molar-refractivity contribution in [2.75, 3.05) is 13.2 Å². The van der Waals surface area contributed by atoms with E-state index in [-0.39, 0.29) is 6.10 Å². The zero-order valence-electron chi connectivity index (χ0n) is 13.9. The molecule has 0 aromatic carbocycles. The second-order valence-corrected chi connectivity index (χ2v) is 6.97. The molecule has 5 heteroatoms. The Bertz CT molecular complexity index is 663. The van der Waals surface area contributed by atoms with E-state index >= 15 is 0 Å². The second-order valence-electron chi connectivity index (χ2n) is 6.97. The molecule has 1 N–H and O–H groups in total. The molecule has 3 heterocycles. The summed E-state index contributed by atoms with van der Waals surface area (Å²) in [4.78, 5) is 0. The lowest BCUT2D eigenvalue weighted by atomic mass is 9.99. The van der Waals surface area contributed by atoms with Crippen molar-refractivity contribution in [2.45, 2.75) is 38.3 Å². The number of nitrogens with zero attached hydrogens (tertiary/aromatic N) is 2. The molecular weight excluding hydrogens is 290 g/mol. The third kappa shape index (κ3) is 3.08. The highest BCUT2D eigenvalue weighted by Crippen LogP contribution is 2.47. The number of nitrogens with one attached hydrogen (secondary N) is 1. The van der Waals surface area contributed by atoms with Gasteiger partial charge in [0.2, 0.25) is 0 Å². The maximum atomic E-state index is 5.95. The van der Waals surface area contributed by atoms with Crippen LogP contribution in [0.4, 0.5) is 0 Å². The molecule has 124 valence electrons. The van der Waals surface area contributed by atoms with Crippen molar-refractivity contribution >= 4 is 0 Å². The number of rotatable bonds is 6. The third-order valence-corrected chi connectivity index (χ3v) is 5.23. The summed E-state index contributed by atoms with van der Waals surface area (Å²) in [6.07, 6.45) is 4.34. The average Bonchev–Trinajstić information content (AvgIpc) is 2.98. The first-order valence-corrected chi connectivity index (χ1v) is 8.61. The topological polar surface area (TPSA) is 52.2 Å². The quantitative estimate of drug-likeness (QED) is 0.890. The van der Waals surface area contributed by atoms with Crippen LogP contribution < -0.4 is 5.32 Å². The van der Waals surface area contributed by atoms with Crippen LogP contribution in [0.15, 0.2) is 28.8 Å². The Morgan fingerprint density at radius 2 is 2.22 bits per heavy atom. The number of aryl methyl sites for hydroxylation is 1. The van der Waals surface area contributed by atoms with Gasteiger partial charge in [-0.05, 0) is 37.0 Å². The molecule has 4 rings (SSSR count). The van der Waals surface area contributed by atoms with E-state index in [0.29, 0.717) is 11.8 Å². The Morgan fingerprint density at radius 1 is 1.35 bits per heavy atom. The van der Waals surface area contributed by atoms with Gasteiger partial charge in [-0.1, -0.05) is 6.92 Å². The molecule has 0 bridgehead atoms. The van der Waals surface area contributed by atoms with E-state index in [1.165, 1.54) is 6.42 Å². The summed E-state index contributed by atoms with van der Waals surface area (Å²) in [7, 11) is 1.98. The molecule has 0 spiro atoms. The molecule has 0 unspecified atom stereocenters. The van der Waals surface area contributed by atoms with Crippen LogP contribution in [-0.4, -0.2) is 22.9 Å². The van der Waals surface area contributed by atoms with E-state index in [0.717, 1.165) is 49.2 Å². The van der Waals surface area contributed by atoms with Gasteiger partial charge in [-0.15, -0.1) is 0 Å². The Kier molecular flexibility index (Phi) is 3.99. The highest BCUT2D eigenvalue weighted by atomic mass is 16.5. The summed E-state index contributed by atoms with van der Waals surface area (Å²) >= 11 is 0. The van der Waals surface area contributed by atoms with Crippen molar-refractivity contribution in [1.82, 2.24) is 15.1 Å². The summed E-state index contributed by atoms with van der Waals surface area (Å²) in [6.45, 7) is 4.83. The van der Waals surface area contributed by atoms with Crippen molar-refractivity contribution < 1.29 is 9.15 Å². The molecule has 1 aliphatic heterocycles. The van der Waals surface area contributed by atoms with Gasteiger partial charge in [-0.25, -0.2) is 0 Å². The number of aromatic nitrogens is 2. The lowest BCUT2D eigenvalue weighted by Crippen LogP contribution is -2.25. The van der Waals surface area contributed by atoms with Crippen LogP contribution in [0, 0.1) is 11.8 Å². The Morgan fingerprint density at radius 3 is 2.96 bits per heavy atom. The van der Waals surface area contributed by atoms with Crippen LogP contribution in [0.5, 0.6) is 0 Å². The molecule has 2 aliphatic rings. The van der Waals surface area contributed by atoms with Gasteiger partial charge < -0.3 is 14.5 Å². The van der Waals surface area contributed by atoms with Crippen molar-refractivity contribution in [1.29, 1.82) is 0 Å². The van der Waals surface area contributed by atoms with Crippen molar-refractivity contribution in [2.24, 2.45) is 18.9 Å². The average molecular weight is 315 g/mol. The van der Waals surface area contributed by atoms with Crippen LogP contribution in [0.3, 0.4) is 0 Å².